The van der Waals surface area contributed by atoms with Gasteiger partial charge < -0.3 is 14.5 Å². The number of benzene rings is 2. The van der Waals surface area contributed by atoms with Gasteiger partial charge in [0.2, 0.25) is 0 Å². The summed E-state index contributed by atoms with van der Waals surface area (Å²) in [4.78, 5) is 28.4. The first-order valence-corrected chi connectivity index (χ1v) is 8.45. The van der Waals surface area contributed by atoms with E-state index in [0.29, 0.717) is 31.9 Å². The summed E-state index contributed by atoms with van der Waals surface area (Å²) in [5.41, 5.74) is 1.71. The number of rotatable bonds is 4. The van der Waals surface area contributed by atoms with Gasteiger partial charge in [0.05, 0.1) is 0 Å². The molecule has 1 fully saturated rings. The maximum Gasteiger partial charge on any atom is 0.260 e. The summed E-state index contributed by atoms with van der Waals surface area (Å²) in [5, 5.41) is 0. The predicted molar refractivity (Wildman–Crippen MR) is 95.6 cm³/mol. The van der Waals surface area contributed by atoms with Crippen LogP contribution in [0.2, 0.25) is 0 Å². The maximum atomic E-state index is 12.6. The van der Waals surface area contributed by atoms with Crippen LogP contribution in [-0.4, -0.2) is 54.4 Å². The molecule has 0 aromatic heterocycles. The van der Waals surface area contributed by atoms with Crippen molar-refractivity contribution in [1.29, 1.82) is 0 Å². The molecule has 0 bridgehead atoms. The second-order valence-electron chi connectivity index (χ2n) is 6.09. The Balaban J connectivity index is 1.50. The molecule has 1 saturated heterocycles. The summed E-state index contributed by atoms with van der Waals surface area (Å²) in [6, 6.07) is 16.9. The summed E-state index contributed by atoms with van der Waals surface area (Å²) in [6.07, 6.45) is 0. The summed E-state index contributed by atoms with van der Waals surface area (Å²) in [5.74, 6) is 0.668. The van der Waals surface area contributed by atoms with Gasteiger partial charge in [0.1, 0.15) is 5.75 Å². The van der Waals surface area contributed by atoms with E-state index in [-0.39, 0.29) is 18.4 Å². The molecule has 0 unspecified atom stereocenters. The van der Waals surface area contributed by atoms with E-state index in [0.717, 1.165) is 11.1 Å². The highest BCUT2D eigenvalue weighted by Gasteiger charge is 2.25. The molecule has 0 aliphatic carbocycles. The Morgan fingerprint density at radius 2 is 1.48 bits per heavy atom. The molecule has 1 heterocycles. The molecule has 0 saturated carbocycles. The normalized spacial score (nSPS) is 14.3. The first-order valence-electron chi connectivity index (χ1n) is 8.45. The molecular formula is C20H22N2O3. The lowest BCUT2D eigenvalue weighted by molar-refractivity contribution is -0.134. The molecule has 0 atom stereocenters. The highest BCUT2D eigenvalue weighted by molar-refractivity contribution is 5.95. The Bertz CT molecular complexity index is 738. The van der Waals surface area contributed by atoms with E-state index in [1.807, 2.05) is 66.4 Å². The van der Waals surface area contributed by atoms with Gasteiger partial charge in [-0.1, -0.05) is 36.4 Å². The van der Waals surface area contributed by atoms with Crippen LogP contribution in [-0.2, 0) is 4.79 Å². The lowest BCUT2D eigenvalue weighted by Gasteiger charge is -2.35. The number of carbonyl (C=O) groups is 2. The number of amides is 2. The smallest absolute Gasteiger partial charge is 0.260 e. The van der Waals surface area contributed by atoms with Crippen molar-refractivity contribution in [3.8, 4) is 5.75 Å². The molecule has 2 aromatic carbocycles. The van der Waals surface area contributed by atoms with E-state index in [4.69, 9.17) is 4.74 Å². The fourth-order valence-electron chi connectivity index (χ4n) is 2.90. The largest absolute Gasteiger partial charge is 0.484 e. The minimum atomic E-state index is -0.0492. The number of nitrogens with zero attached hydrogens (tertiary/aromatic N) is 2. The van der Waals surface area contributed by atoms with Crippen LogP contribution in [0.1, 0.15) is 15.9 Å². The van der Waals surface area contributed by atoms with E-state index < -0.39 is 0 Å². The van der Waals surface area contributed by atoms with Crippen molar-refractivity contribution in [1.82, 2.24) is 9.80 Å². The third-order valence-electron chi connectivity index (χ3n) is 4.40. The fraction of sp³-hybridized carbons (Fsp3) is 0.300. The van der Waals surface area contributed by atoms with Gasteiger partial charge >= 0.3 is 0 Å². The maximum absolute atomic E-state index is 12.6. The Labute approximate surface area is 147 Å². The molecule has 0 N–H and O–H groups in total. The van der Waals surface area contributed by atoms with Crippen LogP contribution in [0.15, 0.2) is 54.6 Å². The lowest BCUT2D eigenvalue weighted by atomic mass is 10.1. The van der Waals surface area contributed by atoms with Crippen molar-refractivity contribution in [2.75, 3.05) is 32.8 Å². The van der Waals surface area contributed by atoms with Gasteiger partial charge in [-0.15, -0.1) is 0 Å². The van der Waals surface area contributed by atoms with Crippen LogP contribution in [0.5, 0.6) is 5.75 Å². The molecule has 2 aromatic rings. The van der Waals surface area contributed by atoms with Crippen molar-refractivity contribution >= 4 is 11.8 Å². The number of aryl methyl sites for hydroxylation is 1. The Morgan fingerprint density at radius 1 is 0.880 bits per heavy atom. The number of hydrogen-bond acceptors (Lipinski definition) is 3. The number of ether oxygens (including phenoxy) is 1. The molecule has 25 heavy (non-hydrogen) atoms. The summed E-state index contributed by atoms with van der Waals surface area (Å²) >= 11 is 0. The summed E-state index contributed by atoms with van der Waals surface area (Å²) in [6.45, 7) is 4.13. The van der Waals surface area contributed by atoms with E-state index in [9.17, 15) is 9.59 Å². The van der Waals surface area contributed by atoms with Crippen LogP contribution in [0, 0.1) is 6.92 Å². The second-order valence-corrected chi connectivity index (χ2v) is 6.09. The molecule has 0 radical (unpaired) electrons. The minimum absolute atomic E-state index is 0.0236. The molecule has 1 aliphatic heterocycles. The van der Waals surface area contributed by atoms with Crippen molar-refractivity contribution in [3.05, 3.63) is 65.7 Å². The summed E-state index contributed by atoms with van der Waals surface area (Å²) in [7, 11) is 0. The minimum Gasteiger partial charge on any atom is -0.484 e. The average Bonchev–Trinajstić information content (AvgIpc) is 2.67. The van der Waals surface area contributed by atoms with E-state index in [1.54, 1.807) is 4.90 Å². The Kier molecular flexibility index (Phi) is 5.33. The van der Waals surface area contributed by atoms with Gasteiger partial charge in [-0.25, -0.2) is 0 Å². The highest BCUT2D eigenvalue weighted by atomic mass is 16.5. The van der Waals surface area contributed by atoms with Gasteiger partial charge in [0.15, 0.2) is 6.61 Å². The Morgan fingerprint density at radius 3 is 2.16 bits per heavy atom. The van der Waals surface area contributed by atoms with Crippen molar-refractivity contribution in [2.45, 2.75) is 6.92 Å². The van der Waals surface area contributed by atoms with Crippen molar-refractivity contribution in [2.24, 2.45) is 0 Å². The SMILES string of the molecule is Cc1ccccc1C(=O)N1CCN(C(=O)COc2ccccc2)CC1. The van der Waals surface area contributed by atoms with Gasteiger partial charge in [-0.2, -0.15) is 0 Å². The van der Waals surface area contributed by atoms with Gasteiger partial charge in [0.25, 0.3) is 11.8 Å². The zero-order valence-corrected chi connectivity index (χ0v) is 14.4. The van der Waals surface area contributed by atoms with Crippen LogP contribution in [0.25, 0.3) is 0 Å². The standard InChI is InChI=1S/C20H22N2O3/c1-16-7-5-6-10-18(16)20(24)22-13-11-21(12-14-22)19(23)15-25-17-8-3-2-4-9-17/h2-10H,11-15H2,1H3. The first kappa shape index (κ1) is 17.0. The van der Waals surface area contributed by atoms with Gasteiger partial charge in [0, 0.05) is 31.7 Å². The van der Waals surface area contributed by atoms with E-state index in [2.05, 4.69) is 0 Å². The van der Waals surface area contributed by atoms with Gasteiger partial charge in [-0.05, 0) is 30.7 Å². The molecule has 5 heteroatoms. The quantitative estimate of drug-likeness (QED) is 0.860. The predicted octanol–water partition coefficient (Wildman–Crippen LogP) is 2.36. The average molecular weight is 338 g/mol. The zero-order chi connectivity index (χ0) is 17.6. The van der Waals surface area contributed by atoms with Gasteiger partial charge in [-0.3, -0.25) is 9.59 Å². The van der Waals surface area contributed by atoms with Crippen LogP contribution >= 0.6 is 0 Å². The molecule has 130 valence electrons. The highest BCUT2D eigenvalue weighted by Crippen LogP contribution is 2.13. The number of hydrogen-bond donors (Lipinski definition) is 0. The zero-order valence-electron chi connectivity index (χ0n) is 14.4. The molecule has 2 amide bonds. The van der Waals surface area contributed by atoms with Crippen molar-refractivity contribution < 1.29 is 14.3 Å². The molecule has 0 spiro atoms. The number of para-hydroxylation sites is 1. The first-order chi connectivity index (χ1) is 12.1. The monoisotopic (exact) mass is 338 g/mol. The summed E-state index contributed by atoms with van der Waals surface area (Å²) < 4.78 is 5.51. The molecule has 1 aliphatic rings. The number of piperazine rings is 1. The lowest BCUT2D eigenvalue weighted by Crippen LogP contribution is -2.51. The third-order valence-corrected chi connectivity index (χ3v) is 4.40. The third kappa shape index (κ3) is 4.18. The van der Waals surface area contributed by atoms with Crippen LogP contribution < -0.4 is 4.74 Å². The van der Waals surface area contributed by atoms with Crippen LogP contribution in [0.4, 0.5) is 0 Å². The molecule has 3 rings (SSSR count). The molecular weight excluding hydrogens is 316 g/mol. The van der Waals surface area contributed by atoms with Crippen molar-refractivity contribution in [3.63, 3.8) is 0 Å². The van der Waals surface area contributed by atoms with E-state index >= 15 is 0 Å². The molecule has 5 nitrogen and oxygen atoms in total. The Hall–Kier alpha value is -2.82. The number of carbonyl (C=O) groups excluding carboxylic acids is 2. The second kappa shape index (κ2) is 7.83. The van der Waals surface area contributed by atoms with E-state index in [1.165, 1.54) is 0 Å². The topological polar surface area (TPSA) is 49.9 Å². The fourth-order valence-corrected chi connectivity index (χ4v) is 2.90. The van der Waals surface area contributed by atoms with Crippen LogP contribution in [0.3, 0.4) is 0 Å².